The summed E-state index contributed by atoms with van der Waals surface area (Å²) >= 11 is 0. The maximum Gasteiger partial charge on any atom is 0.160 e. The minimum Gasteiger partial charge on any atom is -0.307 e. The molecule has 7 aromatic carbocycles. The van der Waals surface area contributed by atoms with E-state index in [2.05, 4.69) is 166 Å². The molecule has 0 radical (unpaired) electrons. The lowest BCUT2D eigenvalue weighted by molar-refractivity contribution is 0.591. The van der Waals surface area contributed by atoms with E-state index in [0.717, 1.165) is 55.8 Å². The summed E-state index contributed by atoms with van der Waals surface area (Å²) < 4.78 is 4.74. The van der Waals surface area contributed by atoms with Gasteiger partial charge in [0.1, 0.15) is 0 Å². The van der Waals surface area contributed by atoms with Crippen molar-refractivity contribution in [2.24, 2.45) is 0 Å². The van der Waals surface area contributed by atoms with Crippen LogP contribution in [0.1, 0.15) is 58.2 Å². The van der Waals surface area contributed by atoms with Crippen LogP contribution < -0.4 is 0 Å². The van der Waals surface area contributed by atoms with Crippen molar-refractivity contribution in [1.82, 2.24) is 19.1 Å². The van der Waals surface area contributed by atoms with Gasteiger partial charge in [0, 0.05) is 38.2 Å². The van der Waals surface area contributed by atoms with Crippen LogP contribution in [0.2, 0.25) is 0 Å². The number of aromatic nitrogens is 4. The van der Waals surface area contributed by atoms with Gasteiger partial charge < -0.3 is 9.13 Å². The fraction of sp³-hybridized carbons (Fsp3) is 0.145. The van der Waals surface area contributed by atoms with Crippen LogP contribution in [0.4, 0.5) is 0 Å². The van der Waals surface area contributed by atoms with E-state index >= 15 is 0 Å². The van der Waals surface area contributed by atoms with Gasteiger partial charge in [-0.2, -0.15) is 5.26 Å². The summed E-state index contributed by atoms with van der Waals surface area (Å²) in [4.78, 5) is 10.3. The Labute approximate surface area is 350 Å². The van der Waals surface area contributed by atoms with Crippen LogP contribution in [0.15, 0.2) is 164 Å². The molecule has 10 aromatic rings. The van der Waals surface area contributed by atoms with Gasteiger partial charge in [0.15, 0.2) is 5.82 Å². The Balaban J connectivity index is 1.35. The van der Waals surface area contributed by atoms with Crippen LogP contribution in [0, 0.1) is 11.3 Å². The Morgan fingerprint density at radius 1 is 0.433 bits per heavy atom. The molecule has 3 heterocycles. The van der Waals surface area contributed by atoms with E-state index in [9.17, 15) is 5.26 Å². The predicted molar refractivity (Wildman–Crippen MR) is 249 cm³/mol. The molecule has 0 fully saturated rings. The normalized spacial score (nSPS) is 12.2. The average molecular weight is 776 g/mol. The van der Waals surface area contributed by atoms with Gasteiger partial charge >= 0.3 is 0 Å². The van der Waals surface area contributed by atoms with Crippen molar-refractivity contribution in [2.75, 3.05) is 0 Å². The van der Waals surface area contributed by atoms with E-state index in [0.29, 0.717) is 17.1 Å². The first kappa shape index (κ1) is 37.0. The third-order valence-electron chi connectivity index (χ3n) is 11.9. The van der Waals surface area contributed by atoms with Crippen LogP contribution in [-0.2, 0) is 10.8 Å². The monoisotopic (exact) mass is 775 g/mol. The van der Waals surface area contributed by atoms with Gasteiger partial charge in [-0.15, -0.1) is 0 Å². The number of hydrogen-bond acceptors (Lipinski definition) is 3. The van der Waals surface area contributed by atoms with E-state index in [1.165, 1.54) is 32.7 Å². The fourth-order valence-electron chi connectivity index (χ4n) is 8.70. The molecule has 0 spiro atoms. The lowest BCUT2D eigenvalue weighted by atomic mass is 9.86. The van der Waals surface area contributed by atoms with Crippen molar-refractivity contribution in [3.63, 3.8) is 0 Å². The van der Waals surface area contributed by atoms with Crippen LogP contribution in [0.3, 0.4) is 0 Å². The van der Waals surface area contributed by atoms with Gasteiger partial charge in [0.05, 0.1) is 56.5 Å². The van der Waals surface area contributed by atoms with Crippen molar-refractivity contribution in [2.45, 2.75) is 52.4 Å². The zero-order valence-corrected chi connectivity index (χ0v) is 34.8. The fourth-order valence-corrected chi connectivity index (χ4v) is 8.70. The number of benzene rings is 7. The Bertz CT molecular complexity index is 3270. The zero-order valence-electron chi connectivity index (χ0n) is 34.8. The Morgan fingerprint density at radius 3 is 1.40 bits per heavy atom. The molecule has 10 rings (SSSR count). The smallest absolute Gasteiger partial charge is 0.160 e. The molecule has 5 nitrogen and oxygen atoms in total. The maximum absolute atomic E-state index is 11.2. The molecular formula is C55H45N5. The number of para-hydroxylation sites is 2. The van der Waals surface area contributed by atoms with E-state index < -0.39 is 0 Å². The third kappa shape index (κ3) is 6.15. The Kier molecular flexibility index (Phi) is 8.59. The highest BCUT2D eigenvalue weighted by molar-refractivity contribution is 6.12. The van der Waals surface area contributed by atoms with Gasteiger partial charge in [0.2, 0.25) is 0 Å². The summed E-state index contributed by atoms with van der Waals surface area (Å²) in [5.41, 5.74) is 13.3. The van der Waals surface area contributed by atoms with Gasteiger partial charge in [-0.25, -0.2) is 9.97 Å². The molecule has 0 aliphatic rings. The quantitative estimate of drug-likeness (QED) is 0.175. The lowest BCUT2D eigenvalue weighted by Crippen LogP contribution is -2.11. The molecule has 0 amide bonds. The molecule has 60 heavy (non-hydrogen) atoms. The van der Waals surface area contributed by atoms with Crippen LogP contribution in [-0.4, -0.2) is 19.1 Å². The molecule has 0 saturated heterocycles. The molecule has 5 heteroatoms. The minimum atomic E-state index is -0.0288. The van der Waals surface area contributed by atoms with Crippen molar-refractivity contribution in [3.05, 3.63) is 180 Å². The second-order valence-electron chi connectivity index (χ2n) is 17.9. The summed E-state index contributed by atoms with van der Waals surface area (Å²) in [5, 5.41) is 15.9. The van der Waals surface area contributed by atoms with Gasteiger partial charge in [-0.05, 0) is 76.6 Å². The summed E-state index contributed by atoms with van der Waals surface area (Å²) in [6.45, 7) is 13.6. The zero-order chi connectivity index (χ0) is 41.3. The van der Waals surface area contributed by atoms with Crippen molar-refractivity contribution in [3.8, 4) is 51.3 Å². The first-order valence-electron chi connectivity index (χ1n) is 20.6. The number of hydrogen-bond donors (Lipinski definition) is 0. The molecule has 0 aliphatic heterocycles. The number of rotatable bonds is 5. The van der Waals surface area contributed by atoms with Gasteiger partial charge in [0.25, 0.3) is 0 Å². The third-order valence-corrected chi connectivity index (χ3v) is 11.9. The topological polar surface area (TPSA) is 59.4 Å². The van der Waals surface area contributed by atoms with Gasteiger partial charge in [-0.1, -0.05) is 151 Å². The summed E-state index contributed by atoms with van der Waals surface area (Å²) in [7, 11) is 0. The molecule has 0 N–H and O–H groups in total. The largest absolute Gasteiger partial charge is 0.307 e. The van der Waals surface area contributed by atoms with E-state index in [4.69, 9.17) is 9.97 Å². The molecule has 0 saturated carbocycles. The molecule has 0 atom stereocenters. The number of fused-ring (bicyclic) bond motifs is 6. The van der Waals surface area contributed by atoms with E-state index in [-0.39, 0.29) is 10.8 Å². The summed E-state index contributed by atoms with van der Waals surface area (Å²) in [6, 6.07) is 60.2. The van der Waals surface area contributed by atoms with Crippen LogP contribution in [0.25, 0.3) is 88.9 Å². The highest BCUT2D eigenvalue weighted by Crippen LogP contribution is 2.43. The SMILES string of the molecule is CC(C)(C)c1ccc2c(c1)c1ccccc1n2-c1cc(C#N)c(-c2cc(-c3ccccc3)nc(-c3ccccc3)n2)cc1-n1c2ccccc2c2cc(C(C)(C)C)ccc21. The predicted octanol–water partition coefficient (Wildman–Crippen LogP) is 14.1. The second-order valence-corrected chi connectivity index (χ2v) is 17.9. The number of nitrogens with zero attached hydrogens (tertiary/aromatic N) is 5. The molecule has 290 valence electrons. The standard InChI is InChI=1S/C55H45N5/c1-54(2,3)38-25-27-49-43(30-38)40-21-13-15-23-47(40)59(49)51-29-37(34-56)42(46-33-45(35-17-9-7-10-18-35)57-53(58-46)36-19-11-8-12-20-36)32-52(51)60-48-24-16-14-22-41(48)44-31-39(55(4,5)6)26-28-50(44)60/h7-33H,1-6H3. The number of nitriles is 1. The molecule has 0 bridgehead atoms. The second kappa shape index (κ2) is 13.9. The lowest BCUT2D eigenvalue weighted by Gasteiger charge is -2.21. The summed E-state index contributed by atoms with van der Waals surface area (Å²) in [5.74, 6) is 0.602. The van der Waals surface area contributed by atoms with Crippen LogP contribution in [0.5, 0.6) is 0 Å². The summed E-state index contributed by atoms with van der Waals surface area (Å²) in [6.07, 6.45) is 0. The van der Waals surface area contributed by atoms with Crippen molar-refractivity contribution < 1.29 is 0 Å². The highest BCUT2D eigenvalue weighted by atomic mass is 15.1. The first-order chi connectivity index (χ1) is 29.0. The van der Waals surface area contributed by atoms with Crippen LogP contribution >= 0.6 is 0 Å². The molecular weight excluding hydrogens is 731 g/mol. The first-order valence-corrected chi connectivity index (χ1v) is 20.6. The average Bonchev–Trinajstić information content (AvgIpc) is 3.78. The van der Waals surface area contributed by atoms with Gasteiger partial charge in [-0.3, -0.25) is 0 Å². The van der Waals surface area contributed by atoms with E-state index in [1.54, 1.807) is 0 Å². The Morgan fingerprint density at radius 2 is 0.883 bits per heavy atom. The molecule has 0 aliphatic carbocycles. The van der Waals surface area contributed by atoms with E-state index in [1.807, 2.05) is 54.6 Å². The molecule has 0 unspecified atom stereocenters. The maximum atomic E-state index is 11.2. The van der Waals surface area contributed by atoms with Crippen molar-refractivity contribution in [1.29, 1.82) is 5.26 Å². The van der Waals surface area contributed by atoms with Crippen molar-refractivity contribution >= 4 is 43.6 Å². The molecule has 3 aromatic heterocycles. The Hall–Kier alpha value is -7.29. The highest BCUT2D eigenvalue weighted by Gasteiger charge is 2.25. The minimum absolute atomic E-state index is 0.0260.